The molecule has 1 fully saturated rings. The van der Waals surface area contributed by atoms with E-state index in [1.807, 2.05) is 59.5 Å². The first-order valence-electron chi connectivity index (χ1n) is 13.2. The van der Waals surface area contributed by atoms with E-state index in [-0.39, 0.29) is 10.4 Å². The highest BCUT2D eigenvalue weighted by atomic mass is 79.9. The number of nitrogens with zero attached hydrogens (tertiary/aromatic N) is 3. The molecule has 3 aromatic carbocycles. The molecular weight excluding hydrogens is 669 g/mol. The van der Waals surface area contributed by atoms with Crippen molar-refractivity contribution in [2.45, 2.75) is 25.9 Å². The van der Waals surface area contributed by atoms with Gasteiger partial charge < -0.3 is 9.80 Å². The predicted molar refractivity (Wildman–Crippen MR) is 166 cm³/mol. The molecule has 3 aliphatic heterocycles. The molecular formula is C32H28Br2FN3O4. The molecule has 1 saturated heterocycles. The Morgan fingerprint density at radius 2 is 1.26 bits per heavy atom. The third-order valence-electron chi connectivity index (χ3n) is 6.55. The van der Waals surface area contributed by atoms with Crippen molar-refractivity contribution in [1.82, 2.24) is 9.80 Å². The number of carbonyl (C=O) groups is 4. The lowest BCUT2D eigenvalue weighted by atomic mass is 10.2. The summed E-state index contributed by atoms with van der Waals surface area (Å²) in [6.07, 6.45) is 4.83. The molecule has 0 bridgehead atoms. The van der Waals surface area contributed by atoms with Crippen LogP contribution in [0.3, 0.4) is 0 Å². The standard InChI is InChI=1S/C11H10BrNO.C11H13NO.C10H5BrFNO2/c12-10-6-7-13(11(10)14)8-9-4-2-1-3-5-9;13-11-7-4-8-12(11)9-10-5-2-1-3-6-10;11-8-5-9(14)13(10(8)15)7-3-1-6(12)2-4-7/h1-6H,7-8H2;1-3,5-6H,4,7-9H2;1-5H. The number of rotatable bonds is 5. The van der Waals surface area contributed by atoms with Gasteiger partial charge in [0, 0.05) is 38.7 Å². The third-order valence-corrected chi connectivity index (χ3v) is 7.78. The zero-order chi connectivity index (χ0) is 30.1. The molecule has 6 rings (SSSR count). The van der Waals surface area contributed by atoms with Crippen molar-refractivity contribution in [2.75, 3.05) is 18.0 Å². The smallest absolute Gasteiger partial charge is 0.272 e. The number of amides is 4. The molecule has 3 aromatic rings. The van der Waals surface area contributed by atoms with Gasteiger partial charge in [-0.2, -0.15) is 0 Å². The van der Waals surface area contributed by atoms with E-state index in [1.165, 1.54) is 35.9 Å². The average molecular weight is 697 g/mol. The number of likely N-dealkylation sites (tertiary alicyclic amines) is 1. The number of halogens is 3. The molecule has 0 atom stereocenters. The second-order valence-corrected chi connectivity index (χ2v) is 11.3. The van der Waals surface area contributed by atoms with Gasteiger partial charge in [0.25, 0.3) is 17.7 Å². The van der Waals surface area contributed by atoms with Crippen LogP contribution in [0.4, 0.5) is 10.1 Å². The van der Waals surface area contributed by atoms with Gasteiger partial charge in [0.15, 0.2) is 0 Å². The number of anilines is 1. The first-order valence-corrected chi connectivity index (χ1v) is 14.8. The van der Waals surface area contributed by atoms with E-state index in [2.05, 4.69) is 44.0 Å². The summed E-state index contributed by atoms with van der Waals surface area (Å²) in [4.78, 5) is 50.4. The molecule has 3 aliphatic rings. The number of benzene rings is 3. The topological polar surface area (TPSA) is 78.0 Å². The van der Waals surface area contributed by atoms with Gasteiger partial charge in [-0.15, -0.1) is 0 Å². The number of hydrogen-bond acceptors (Lipinski definition) is 4. The summed E-state index contributed by atoms with van der Waals surface area (Å²) >= 11 is 6.20. The first-order chi connectivity index (χ1) is 20.2. The van der Waals surface area contributed by atoms with Gasteiger partial charge in [-0.1, -0.05) is 60.7 Å². The van der Waals surface area contributed by atoms with Crippen LogP contribution in [0, 0.1) is 5.82 Å². The van der Waals surface area contributed by atoms with Crippen LogP contribution in [-0.4, -0.2) is 46.5 Å². The Morgan fingerprint density at radius 1 is 0.690 bits per heavy atom. The Morgan fingerprint density at radius 3 is 1.71 bits per heavy atom. The molecule has 0 spiro atoms. The Balaban J connectivity index is 0.000000145. The van der Waals surface area contributed by atoms with Crippen LogP contribution >= 0.6 is 31.9 Å². The van der Waals surface area contributed by atoms with E-state index in [0.29, 0.717) is 29.2 Å². The van der Waals surface area contributed by atoms with Gasteiger partial charge in [-0.25, -0.2) is 9.29 Å². The van der Waals surface area contributed by atoms with Crippen molar-refractivity contribution >= 4 is 61.2 Å². The van der Waals surface area contributed by atoms with E-state index in [1.54, 1.807) is 4.90 Å². The third kappa shape index (κ3) is 8.33. The van der Waals surface area contributed by atoms with Crippen molar-refractivity contribution in [3.8, 4) is 0 Å². The van der Waals surface area contributed by atoms with Crippen molar-refractivity contribution < 1.29 is 23.6 Å². The van der Waals surface area contributed by atoms with Crippen LogP contribution in [0.2, 0.25) is 0 Å². The molecule has 4 amide bonds. The maximum atomic E-state index is 12.6. The lowest BCUT2D eigenvalue weighted by Gasteiger charge is -2.15. The fourth-order valence-electron chi connectivity index (χ4n) is 4.40. The molecule has 0 aromatic heterocycles. The summed E-state index contributed by atoms with van der Waals surface area (Å²) in [5.74, 6) is -0.910. The zero-order valence-corrected chi connectivity index (χ0v) is 25.8. The van der Waals surface area contributed by atoms with Crippen LogP contribution in [-0.2, 0) is 32.3 Å². The summed E-state index contributed by atoms with van der Waals surface area (Å²) in [5, 5.41) is 0. The maximum Gasteiger partial charge on any atom is 0.272 e. The van der Waals surface area contributed by atoms with Gasteiger partial charge >= 0.3 is 0 Å². The fourth-order valence-corrected chi connectivity index (χ4v) is 5.17. The molecule has 0 radical (unpaired) electrons. The zero-order valence-electron chi connectivity index (χ0n) is 22.6. The molecule has 3 heterocycles. The molecule has 0 aliphatic carbocycles. The first kappa shape index (κ1) is 31.1. The molecule has 42 heavy (non-hydrogen) atoms. The lowest BCUT2D eigenvalue weighted by Crippen LogP contribution is -2.30. The van der Waals surface area contributed by atoms with E-state index in [0.717, 1.165) is 36.4 Å². The van der Waals surface area contributed by atoms with Crippen molar-refractivity contribution in [2.24, 2.45) is 0 Å². The molecule has 0 N–H and O–H groups in total. The lowest BCUT2D eigenvalue weighted by molar-refractivity contribution is -0.128. The Labute approximate surface area is 260 Å². The quantitative estimate of drug-likeness (QED) is 0.303. The summed E-state index contributed by atoms with van der Waals surface area (Å²) in [7, 11) is 0. The average Bonchev–Trinajstić information content (AvgIpc) is 3.63. The van der Waals surface area contributed by atoms with Gasteiger partial charge in [-0.05, 0) is 79.7 Å². The number of hydrogen-bond donors (Lipinski definition) is 0. The minimum Gasteiger partial charge on any atom is -0.338 e. The van der Waals surface area contributed by atoms with E-state index in [9.17, 15) is 23.6 Å². The molecule has 216 valence electrons. The van der Waals surface area contributed by atoms with Gasteiger partial charge in [0.2, 0.25) is 5.91 Å². The van der Waals surface area contributed by atoms with Crippen molar-refractivity contribution in [3.05, 3.63) is 123 Å². The van der Waals surface area contributed by atoms with E-state index in [4.69, 9.17) is 0 Å². The highest BCUT2D eigenvalue weighted by Crippen LogP contribution is 2.25. The highest BCUT2D eigenvalue weighted by molar-refractivity contribution is 9.12. The monoisotopic (exact) mass is 695 g/mol. The van der Waals surface area contributed by atoms with Gasteiger partial charge in [-0.3, -0.25) is 19.2 Å². The normalized spacial score (nSPS) is 16.1. The summed E-state index contributed by atoms with van der Waals surface area (Å²) < 4.78 is 13.5. The minimum atomic E-state index is -0.438. The van der Waals surface area contributed by atoms with Crippen LogP contribution in [0.15, 0.2) is 106 Å². The van der Waals surface area contributed by atoms with Crippen molar-refractivity contribution in [1.29, 1.82) is 0 Å². The van der Waals surface area contributed by atoms with E-state index < -0.39 is 17.6 Å². The van der Waals surface area contributed by atoms with Crippen molar-refractivity contribution in [3.63, 3.8) is 0 Å². The SMILES string of the molecule is O=C1C(Br)=CCN1Cc1ccccc1.O=C1C=C(Br)C(=O)N1c1ccc(F)cc1.O=C1CCCN1Cc1ccccc1. The highest BCUT2D eigenvalue weighted by Gasteiger charge is 2.30. The van der Waals surface area contributed by atoms with Crippen LogP contribution in [0.1, 0.15) is 24.0 Å². The fraction of sp³-hybridized carbons (Fsp3) is 0.188. The maximum absolute atomic E-state index is 12.6. The largest absolute Gasteiger partial charge is 0.338 e. The van der Waals surface area contributed by atoms with Crippen LogP contribution < -0.4 is 4.90 Å². The molecule has 7 nitrogen and oxygen atoms in total. The summed E-state index contributed by atoms with van der Waals surface area (Å²) in [6, 6.07) is 25.3. The predicted octanol–water partition coefficient (Wildman–Crippen LogP) is 6.09. The van der Waals surface area contributed by atoms with Gasteiger partial charge in [0.1, 0.15) is 5.82 Å². The number of imide groups is 1. The molecule has 0 unspecified atom stereocenters. The van der Waals surface area contributed by atoms with Gasteiger partial charge in [0.05, 0.1) is 14.7 Å². The molecule has 0 saturated carbocycles. The Hall–Kier alpha value is -3.89. The summed E-state index contributed by atoms with van der Waals surface area (Å²) in [6.45, 7) is 3.09. The number of carbonyl (C=O) groups excluding carboxylic acids is 4. The second kappa shape index (κ2) is 14.8. The van der Waals surface area contributed by atoms with Crippen LogP contribution in [0.25, 0.3) is 0 Å². The molecule has 10 heteroatoms. The summed E-state index contributed by atoms with van der Waals surface area (Å²) in [5.41, 5.74) is 2.74. The van der Waals surface area contributed by atoms with Crippen LogP contribution in [0.5, 0.6) is 0 Å². The van der Waals surface area contributed by atoms with E-state index >= 15 is 0 Å². The Bertz CT molecular complexity index is 1500. The Kier molecular flexibility index (Phi) is 11.0. The minimum absolute atomic E-state index is 0.0776. The second-order valence-electron chi connectivity index (χ2n) is 9.58.